The summed E-state index contributed by atoms with van der Waals surface area (Å²) < 4.78 is 19.2. The Labute approximate surface area is 163 Å². The molecule has 0 aliphatic carbocycles. The van der Waals surface area contributed by atoms with E-state index in [9.17, 15) is 0 Å². The Hall–Kier alpha value is -2.39. The van der Waals surface area contributed by atoms with Crippen molar-refractivity contribution in [3.63, 3.8) is 0 Å². The van der Waals surface area contributed by atoms with Crippen molar-refractivity contribution in [3.05, 3.63) is 45.3 Å². The van der Waals surface area contributed by atoms with E-state index in [0.29, 0.717) is 27.9 Å². The largest absolute Gasteiger partial charge is 0.493 e. The molecule has 0 atom stereocenters. The maximum Gasteiger partial charge on any atom is 0.219 e. The molecule has 0 unspecified atom stereocenters. The van der Waals surface area contributed by atoms with Crippen LogP contribution in [0.1, 0.15) is 19.4 Å². The van der Waals surface area contributed by atoms with Crippen LogP contribution < -0.4 is 9.47 Å². The lowest BCUT2D eigenvalue weighted by molar-refractivity contribution is 0.228. The highest BCUT2D eigenvalue weighted by Crippen LogP contribution is 2.37. The second kappa shape index (κ2) is 7.88. The van der Waals surface area contributed by atoms with Gasteiger partial charge in [0.1, 0.15) is 0 Å². The van der Waals surface area contributed by atoms with Gasteiger partial charge in [-0.05, 0) is 71.8 Å². The lowest BCUT2D eigenvalue weighted by atomic mass is 10.2. The van der Waals surface area contributed by atoms with E-state index in [0.717, 1.165) is 10.0 Å². The van der Waals surface area contributed by atoms with Gasteiger partial charge in [0, 0.05) is 0 Å². The number of methoxy groups -OCH3 is 1. The van der Waals surface area contributed by atoms with Crippen molar-refractivity contribution in [1.29, 1.82) is 0 Å². The van der Waals surface area contributed by atoms with E-state index >= 15 is 0 Å². The maximum atomic E-state index is 5.79. The van der Waals surface area contributed by atoms with Gasteiger partial charge in [-0.25, -0.2) is 5.10 Å². The zero-order valence-corrected chi connectivity index (χ0v) is 16.8. The molecule has 136 valence electrons. The highest BCUT2D eigenvalue weighted by Gasteiger charge is 2.13. The van der Waals surface area contributed by atoms with Crippen molar-refractivity contribution in [2.24, 2.45) is 5.10 Å². The Morgan fingerprint density at radius 3 is 2.88 bits per heavy atom. The number of rotatable bonds is 6. The quantitative estimate of drug-likeness (QED) is 0.449. The number of halogens is 1. The van der Waals surface area contributed by atoms with Gasteiger partial charge < -0.3 is 13.9 Å². The first-order valence-corrected chi connectivity index (χ1v) is 8.99. The average molecular weight is 437 g/mol. The summed E-state index contributed by atoms with van der Waals surface area (Å²) >= 11 is 8.76. The molecule has 0 aliphatic rings. The minimum atomic E-state index is 0.0276. The van der Waals surface area contributed by atoms with Gasteiger partial charge in [-0.2, -0.15) is 9.78 Å². The van der Waals surface area contributed by atoms with Crippen LogP contribution in [0.2, 0.25) is 0 Å². The summed E-state index contributed by atoms with van der Waals surface area (Å²) in [6.07, 6.45) is 3.25. The predicted octanol–water partition coefficient (Wildman–Crippen LogP) is 4.64. The molecule has 0 radical (unpaired) electrons. The number of hydrogen-bond acceptors (Lipinski definition) is 6. The second-order valence-corrected chi connectivity index (χ2v) is 6.83. The Morgan fingerprint density at radius 2 is 2.23 bits per heavy atom. The Morgan fingerprint density at radius 1 is 1.42 bits per heavy atom. The van der Waals surface area contributed by atoms with Gasteiger partial charge in [0.25, 0.3) is 0 Å². The molecule has 7 nitrogen and oxygen atoms in total. The molecule has 0 fully saturated rings. The predicted molar refractivity (Wildman–Crippen MR) is 105 cm³/mol. The van der Waals surface area contributed by atoms with Crippen LogP contribution in [0.4, 0.5) is 0 Å². The molecule has 0 spiro atoms. The zero-order valence-electron chi connectivity index (χ0n) is 14.4. The molecular weight excluding hydrogens is 420 g/mol. The maximum absolute atomic E-state index is 5.79. The summed E-state index contributed by atoms with van der Waals surface area (Å²) in [5, 5.41) is 11.3. The van der Waals surface area contributed by atoms with Gasteiger partial charge in [0.05, 0.1) is 30.2 Å². The molecule has 3 aromatic rings. The molecule has 1 N–H and O–H groups in total. The zero-order chi connectivity index (χ0) is 18.7. The van der Waals surface area contributed by atoms with E-state index in [4.69, 9.17) is 26.1 Å². The van der Waals surface area contributed by atoms with Gasteiger partial charge in [-0.15, -0.1) is 5.10 Å². The normalized spacial score (nSPS) is 11.4. The highest BCUT2D eigenvalue weighted by atomic mass is 79.9. The number of benzene rings is 1. The van der Waals surface area contributed by atoms with Crippen molar-refractivity contribution in [3.8, 4) is 23.1 Å². The number of hydrogen-bond donors (Lipinski definition) is 1. The SMILES string of the molecule is COc1cc(/C=N\n2c(-c3ccco3)n[nH]c2=S)cc(Br)c1OC(C)C. The van der Waals surface area contributed by atoms with E-state index in [1.165, 1.54) is 4.68 Å². The lowest BCUT2D eigenvalue weighted by Gasteiger charge is -2.15. The number of ether oxygens (including phenoxy) is 2. The summed E-state index contributed by atoms with van der Waals surface area (Å²) in [5.74, 6) is 2.31. The molecule has 0 saturated heterocycles. The number of furan rings is 1. The minimum absolute atomic E-state index is 0.0276. The van der Waals surface area contributed by atoms with Gasteiger partial charge in [0.2, 0.25) is 10.6 Å². The van der Waals surface area contributed by atoms with Crippen LogP contribution in [0.25, 0.3) is 11.6 Å². The number of aromatic nitrogens is 3. The van der Waals surface area contributed by atoms with Crippen molar-refractivity contribution in [2.75, 3.05) is 7.11 Å². The summed E-state index contributed by atoms with van der Waals surface area (Å²) in [7, 11) is 1.59. The average Bonchev–Trinajstić information content (AvgIpc) is 3.24. The monoisotopic (exact) mass is 436 g/mol. The molecule has 0 amide bonds. The molecule has 0 saturated carbocycles. The van der Waals surface area contributed by atoms with Gasteiger partial charge in [0.15, 0.2) is 17.3 Å². The first-order valence-electron chi connectivity index (χ1n) is 7.79. The molecule has 9 heteroatoms. The van der Waals surface area contributed by atoms with E-state index in [-0.39, 0.29) is 6.10 Å². The van der Waals surface area contributed by atoms with Crippen molar-refractivity contribution in [1.82, 2.24) is 14.9 Å². The van der Waals surface area contributed by atoms with Crippen LogP contribution in [0.3, 0.4) is 0 Å². The lowest BCUT2D eigenvalue weighted by Crippen LogP contribution is -2.07. The Bertz CT molecular complexity index is 977. The fraction of sp³-hybridized carbons (Fsp3) is 0.235. The van der Waals surface area contributed by atoms with Crippen LogP contribution in [0, 0.1) is 4.77 Å². The van der Waals surface area contributed by atoms with Crippen molar-refractivity contribution in [2.45, 2.75) is 20.0 Å². The minimum Gasteiger partial charge on any atom is -0.493 e. The molecule has 2 aromatic heterocycles. The fourth-order valence-electron chi connectivity index (χ4n) is 2.25. The van der Waals surface area contributed by atoms with Crippen molar-refractivity contribution >= 4 is 34.4 Å². The molecule has 26 heavy (non-hydrogen) atoms. The van der Waals surface area contributed by atoms with E-state index in [2.05, 4.69) is 31.2 Å². The summed E-state index contributed by atoms with van der Waals surface area (Å²) in [4.78, 5) is 0. The first-order chi connectivity index (χ1) is 12.5. The van der Waals surface area contributed by atoms with Gasteiger partial charge in [-0.1, -0.05) is 0 Å². The number of aromatic amines is 1. The van der Waals surface area contributed by atoms with E-state index in [1.807, 2.05) is 26.0 Å². The van der Waals surface area contributed by atoms with Crippen LogP contribution in [0.5, 0.6) is 11.5 Å². The van der Waals surface area contributed by atoms with Crippen LogP contribution in [0.15, 0.2) is 44.5 Å². The number of H-pyrrole nitrogens is 1. The summed E-state index contributed by atoms with van der Waals surface area (Å²) in [6.45, 7) is 3.91. The molecule has 3 rings (SSSR count). The molecule has 0 bridgehead atoms. The molecular formula is C17H17BrN4O3S. The summed E-state index contributed by atoms with van der Waals surface area (Å²) in [5.41, 5.74) is 0.804. The fourth-order valence-corrected chi connectivity index (χ4v) is 2.99. The highest BCUT2D eigenvalue weighted by molar-refractivity contribution is 9.10. The molecule has 2 heterocycles. The van der Waals surface area contributed by atoms with E-state index in [1.54, 1.807) is 31.7 Å². The second-order valence-electron chi connectivity index (χ2n) is 5.59. The van der Waals surface area contributed by atoms with Crippen LogP contribution in [-0.4, -0.2) is 34.3 Å². The topological polar surface area (TPSA) is 77.6 Å². The molecule has 0 aliphatic heterocycles. The smallest absolute Gasteiger partial charge is 0.219 e. The van der Waals surface area contributed by atoms with Crippen LogP contribution >= 0.6 is 28.1 Å². The number of nitrogens with one attached hydrogen (secondary N) is 1. The standard InChI is InChI=1S/C17H17BrN4O3S/c1-10(2)25-15-12(18)7-11(8-14(15)23-3)9-19-22-16(20-21-17(22)26)13-5-4-6-24-13/h4-10H,1-3H3,(H,21,26)/b19-9-. The third-order valence-electron chi connectivity index (χ3n) is 3.32. The van der Waals surface area contributed by atoms with E-state index < -0.39 is 0 Å². The number of nitrogens with zero attached hydrogens (tertiary/aromatic N) is 3. The van der Waals surface area contributed by atoms with Crippen molar-refractivity contribution < 1.29 is 13.9 Å². The van der Waals surface area contributed by atoms with Gasteiger partial charge >= 0.3 is 0 Å². The van der Waals surface area contributed by atoms with Crippen LogP contribution in [-0.2, 0) is 0 Å². The Kier molecular flexibility index (Phi) is 5.58. The molecule has 1 aromatic carbocycles. The first kappa shape index (κ1) is 18.4. The Balaban J connectivity index is 1.96. The summed E-state index contributed by atoms with van der Waals surface area (Å²) in [6, 6.07) is 7.29. The third kappa shape index (κ3) is 3.88. The third-order valence-corrected chi connectivity index (χ3v) is 4.17. The van der Waals surface area contributed by atoms with Gasteiger partial charge in [-0.3, -0.25) is 0 Å².